The Morgan fingerprint density at radius 1 is 1.38 bits per heavy atom. The summed E-state index contributed by atoms with van der Waals surface area (Å²) in [6, 6.07) is 4.86. The summed E-state index contributed by atoms with van der Waals surface area (Å²) in [6.07, 6.45) is 1.52. The molecule has 0 fully saturated rings. The molecule has 0 aliphatic rings. The van der Waals surface area contributed by atoms with Crippen LogP contribution in [0.3, 0.4) is 0 Å². The van der Waals surface area contributed by atoms with Crippen molar-refractivity contribution in [3.05, 3.63) is 24.4 Å². The van der Waals surface area contributed by atoms with Crippen LogP contribution in [-0.4, -0.2) is 22.4 Å². The second-order valence-corrected chi connectivity index (χ2v) is 2.61. The highest BCUT2D eigenvalue weighted by atomic mass is 16.5. The zero-order chi connectivity index (χ0) is 9.26. The summed E-state index contributed by atoms with van der Waals surface area (Å²) in [4.78, 5) is 0. The molecular weight excluding hydrogens is 168 g/mol. The average molecular weight is 176 g/mol. The summed E-state index contributed by atoms with van der Waals surface area (Å²) in [7, 11) is 1.56. The van der Waals surface area contributed by atoms with E-state index < -0.39 is 0 Å². The molecule has 13 heavy (non-hydrogen) atoms. The molecule has 0 saturated heterocycles. The molecule has 0 saturated carbocycles. The van der Waals surface area contributed by atoms with E-state index >= 15 is 0 Å². The van der Waals surface area contributed by atoms with Crippen LogP contribution in [0.2, 0.25) is 0 Å². The van der Waals surface area contributed by atoms with Crippen molar-refractivity contribution in [1.29, 1.82) is 0 Å². The first-order valence-corrected chi connectivity index (χ1v) is 3.79. The monoisotopic (exact) mass is 176 g/mol. The van der Waals surface area contributed by atoms with Crippen LogP contribution in [0.15, 0.2) is 24.4 Å². The average Bonchev–Trinajstić information content (AvgIpc) is 2.17. The number of methoxy groups -OCH3 is 1. The van der Waals surface area contributed by atoms with E-state index in [1.54, 1.807) is 25.3 Å². The quantitative estimate of drug-likeness (QED) is 0.712. The second-order valence-electron chi connectivity index (χ2n) is 2.61. The summed E-state index contributed by atoms with van der Waals surface area (Å²) in [6.45, 7) is 0. The van der Waals surface area contributed by atoms with Gasteiger partial charge in [-0.15, -0.1) is 0 Å². The highest BCUT2D eigenvalue weighted by Crippen LogP contribution is 2.25. The third kappa shape index (κ3) is 1.26. The first-order valence-electron chi connectivity index (χ1n) is 3.79. The molecule has 4 nitrogen and oxygen atoms in total. The summed E-state index contributed by atoms with van der Waals surface area (Å²) < 4.78 is 5.07. The lowest BCUT2D eigenvalue weighted by Crippen LogP contribution is -1.89. The van der Waals surface area contributed by atoms with Crippen molar-refractivity contribution in [2.24, 2.45) is 0 Å². The maximum absolute atomic E-state index is 9.25. The molecular formula is C9H8N2O2. The molecule has 0 aliphatic carbocycles. The van der Waals surface area contributed by atoms with Gasteiger partial charge in [-0.2, -0.15) is 10.2 Å². The van der Waals surface area contributed by atoms with Gasteiger partial charge in [0.1, 0.15) is 11.5 Å². The van der Waals surface area contributed by atoms with Crippen LogP contribution in [0.25, 0.3) is 10.9 Å². The minimum absolute atomic E-state index is 0.193. The van der Waals surface area contributed by atoms with Crippen molar-refractivity contribution >= 4 is 10.9 Å². The molecule has 0 bridgehead atoms. The minimum atomic E-state index is 0.193. The van der Waals surface area contributed by atoms with Gasteiger partial charge in [0, 0.05) is 5.39 Å². The first kappa shape index (κ1) is 7.79. The van der Waals surface area contributed by atoms with E-state index in [1.807, 2.05) is 0 Å². The summed E-state index contributed by atoms with van der Waals surface area (Å²) in [5.74, 6) is 0.805. The molecule has 0 unspecified atom stereocenters. The van der Waals surface area contributed by atoms with Gasteiger partial charge in [-0.3, -0.25) is 0 Å². The van der Waals surface area contributed by atoms with E-state index in [9.17, 15) is 5.11 Å². The number of rotatable bonds is 1. The molecule has 66 valence electrons. The van der Waals surface area contributed by atoms with Crippen LogP contribution in [0.1, 0.15) is 0 Å². The van der Waals surface area contributed by atoms with Gasteiger partial charge < -0.3 is 9.84 Å². The van der Waals surface area contributed by atoms with E-state index in [4.69, 9.17) is 4.74 Å². The highest BCUT2D eigenvalue weighted by molar-refractivity contribution is 5.85. The van der Waals surface area contributed by atoms with Crippen LogP contribution in [0, 0.1) is 0 Å². The maximum Gasteiger partial charge on any atom is 0.148 e. The van der Waals surface area contributed by atoms with Crippen molar-refractivity contribution in [2.75, 3.05) is 7.11 Å². The van der Waals surface area contributed by atoms with Crippen LogP contribution >= 0.6 is 0 Å². The highest BCUT2D eigenvalue weighted by Gasteiger charge is 2.02. The number of benzene rings is 1. The van der Waals surface area contributed by atoms with Gasteiger partial charge >= 0.3 is 0 Å². The minimum Gasteiger partial charge on any atom is -0.508 e. The molecule has 0 radical (unpaired) electrons. The molecule has 1 heterocycles. The van der Waals surface area contributed by atoms with Gasteiger partial charge in [0.15, 0.2) is 0 Å². The molecule has 0 aliphatic heterocycles. The number of phenols is 1. The Morgan fingerprint density at radius 2 is 2.23 bits per heavy atom. The lowest BCUT2D eigenvalue weighted by Gasteiger charge is -2.02. The molecule has 0 spiro atoms. The number of aromatic nitrogens is 2. The van der Waals surface area contributed by atoms with Crippen molar-refractivity contribution < 1.29 is 9.84 Å². The normalized spacial score (nSPS) is 10.2. The molecule has 2 rings (SSSR count). The van der Waals surface area contributed by atoms with Gasteiger partial charge in [0.2, 0.25) is 0 Å². The van der Waals surface area contributed by atoms with Gasteiger partial charge in [-0.05, 0) is 18.2 Å². The van der Waals surface area contributed by atoms with Crippen LogP contribution < -0.4 is 4.74 Å². The Morgan fingerprint density at radius 3 is 3.00 bits per heavy atom. The summed E-state index contributed by atoms with van der Waals surface area (Å²) in [5.41, 5.74) is 0.706. The SMILES string of the molecule is COc1cnnc2ccc(O)cc12. The van der Waals surface area contributed by atoms with Crippen LogP contribution in [0.4, 0.5) is 0 Å². The Hall–Kier alpha value is -1.84. The predicted octanol–water partition coefficient (Wildman–Crippen LogP) is 1.34. The third-order valence-electron chi connectivity index (χ3n) is 1.81. The van der Waals surface area contributed by atoms with Crippen LogP contribution in [0.5, 0.6) is 11.5 Å². The number of hydrogen-bond donors (Lipinski definition) is 1. The van der Waals surface area contributed by atoms with Crippen molar-refractivity contribution in [3.63, 3.8) is 0 Å². The van der Waals surface area contributed by atoms with Crippen molar-refractivity contribution in [2.45, 2.75) is 0 Å². The summed E-state index contributed by atoms with van der Waals surface area (Å²) >= 11 is 0. The predicted molar refractivity (Wildman–Crippen MR) is 47.8 cm³/mol. The van der Waals surface area contributed by atoms with E-state index in [0.29, 0.717) is 11.3 Å². The molecule has 2 aromatic rings. The lowest BCUT2D eigenvalue weighted by atomic mass is 10.2. The van der Waals surface area contributed by atoms with Crippen molar-refractivity contribution in [3.8, 4) is 11.5 Å². The number of hydrogen-bond acceptors (Lipinski definition) is 4. The molecule has 1 aromatic heterocycles. The number of ether oxygens (including phenoxy) is 1. The molecule has 0 atom stereocenters. The molecule has 1 aromatic carbocycles. The smallest absolute Gasteiger partial charge is 0.148 e. The molecule has 4 heteroatoms. The second kappa shape index (κ2) is 2.90. The number of phenolic OH excluding ortho intramolecular Hbond substituents is 1. The van der Waals surface area contributed by atoms with E-state index in [-0.39, 0.29) is 5.75 Å². The largest absolute Gasteiger partial charge is 0.508 e. The first-order chi connectivity index (χ1) is 6.31. The number of aromatic hydroxyl groups is 1. The Labute approximate surface area is 74.8 Å². The Bertz CT molecular complexity index is 443. The van der Waals surface area contributed by atoms with Gasteiger partial charge in [-0.25, -0.2) is 0 Å². The molecule has 0 amide bonds. The fourth-order valence-corrected chi connectivity index (χ4v) is 1.18. The maximum atomic E-state index is 9.25. The van der Waals surface area contributed by atoms with E-state index in [2.05, 4.69) is 10.2 Å². The third-order valence-corrected chi connectivity index (χ3v) is 1.81. The standard InChI is InChI=1S/C9H8N2O2/c1-13-9-5-10-11-8-3-2-6(12)4-7(8)9/h2-5,12H,1H3. The fraction of sp³-hybridized carbons (Fsp3) is 0.111. The number of nitrogens with zero attached hydrogens (tertiary/aromatic N) is 2. The zero-order valence-corrected chi connectivity index (χ0v) is 7.06. The van der Waals surface area contributed by atoms with Gasteiger partial charge in [-0.1, -0.05) is 0 Å². The lowest BCUT2D eigenvalue weighted by molar-refractivity contribution is 0.416. The molecule has 1 N–H and O–H groups in total. The Balaban J connectivity index is 2.79. The van der Waals surface area contributed by atoms with Crippen LogP contribution in [-0.2, 0) is 0 Å². The van der Waals surface area contributed by atoms with Gasteiger partial charge in [0.05, 0.1) is 18.8 Å². The summed E-state index contributed by atoms with van der Waals surface area (Å²) in [5, 5.41) is 17.7. The van der Waals surface area contributed by atoms with E-state index in [1.165, 1.54) is 6.20 Å². The Kier molecular flexibility index (Phi) is 1.73. The fourth-order valence-electron chi connectivity index (χ4n) is 1.18. The van der Waals surface area contributed by atoms with E-state index in [0.717, 1.165) is 5.39 Å². The topological polar surface area (TPSA) is 55.2 Å². The van der Waals surface area contributed by atoms with Crippen molar-refractivity contribution in [1.82, 2.24) is 10.2 Å². The zero-order valence-electron chi connectivity index (χ0n) is 7.06. The van der Waals surface area contributed by atoms with Gasteiger partial charge in [0.25, 0.3) is 0 Å². The number of fused-ring (bicyclic) bond motifs is 1.